The number of carbonyl (C=O) groups excluding carboxylic acids is 1. The fourth-order valence-electron chi connectivity index (χ4n) is 3.66. The van der Waals surface area contributed by atoms with Gasteiger partial charge in [-0.1, -0.05) is 66.5 Å². The van der Waals surface area contributed by atoms with Crippen LogP contribution in [0, 0.1) is 0 Å². The van der Waals surface area contributed by atoms with Gasteiger partial charge in [0.1, 0.15) is 5.71 Å². The molecule has 0 atom stereocenters. The van der Waals surface area contributed by atoms with Crippen molar-refractivity contribution < 1.29 is 9.63 Å². The lowest BCUT2D eigenvalue weighted by Gasteiger charge is -2.19. The second-order valence-electron chi connectivity index (χ2n) is 6.60. The van der Waals surface area contributed by atoms with E-state index < -0.39 is 0 Å². The Morgan fingerprint density at radius 3 is 1.92 bits per heavy atom. The predicted molar refractivity (Wildman–Crippen MR) is 98.5 cm³/mol. The average molecular weight is 334 g/mol. The van der Waals surface area contributed by atoms with E-state index in [1.165, 1.54) is 24.0 Å². The first-order valence-corrected chi connectivity index (χ1v) is 9.01. The highest BCUT2D eigenvalue weighted by Gasteiger charge is 2.25. The zero-order valence-corrected chi connectivity index (χ0v) is 14.3. The maximum absolute atomic E-state index is 12.3. The SMILES string of the molecule is O=C(CON=C1c2ccccc2-c2ccccc21)N1CCCCCC1. The van der Waals surface area contributed by atoms with Crippen molar-refractivity contribution in [2.75, 3.05) is 19.7 Å². The molecule has 0 saturated carbocycles. The summed E-state index contributed by atoms with van der Waals surface area (Å²) in [6.07, 6.45) is 4.59. The lowest BCUT2D eigenvalue weighted by Crippen LogP contribution is -2.34. The summed E-state index contributed by atoms with van der Waals surface area (Å²) in [4.78, 5) is 19.7. The molecule has 25 heavy (non-hydrogen) atoms. The van der Waals surface area contributed by atoms with Crippen molar-refractivity contribution in [1.29, 1.82) is 0 Å². The van der Waals surface area contributed by atoms with E-state index in [0.29, 0.717) is 0 Å². The van der Waals surface area contributed by atoms with E-state index >= 15 is 0 Å². The molecular weight excluding hydrogens is 312 g/mol. The van der Waals surface area contributed by atoms with E-state index in [9.17, 15) is 4.79 Å². The van der Waals surface area contributed by atoms with Gasteiger partial charge in [-0.15, -0.1) is 0 Å². The summed E-state index contributed by atoms with van der Waals surface area (Å²) in [5, 5.41) is 4.33. The normalized spacial score (nSPS) is 16.0. The van der Waals surface area contributed by atoms with Crippen LogP contribution in [0.5, 0.6) is 0 Å². The number of amides is 1. The fourth-order valence-corrected chi connectivity index (χ4v) is 3.66. The molecule has 1 amide bonds. The van der Waals surface area contributed by atoms with E-state index in [-0.39, 0.29) is 12.5 Å². The lowest BCUT2D eigenvalue weighted by atomic mass is 10.1. The van der Waals surface area contributed by atoms with E-state index in [2.05, 4.69) is 17.3 Å². The van der Waals surface area contributed by atoms with Crippen LogP contribution in [-0.4, -0.2) is 36.2 Å². The largest absolute Gasteiger partial charge is 0.385 e. The monoisotopic (exact) mass is 334 g/mol. The molecule has 2 aliphatic rings. The molecule has 1 aliphatic heterocycles. The molecule has 1 aliphatic carbocycles. The van der Waals surface area contributed by atoms with Crippen molar-refractivity contribution in [3.63, 3.8) is 0 Å². The Morgan fingerprint density at radius 2 is 1.36 bits per heavy atom. The highest BCUT2D eigenvalue weighted by atomic mass is 16.6. The molecule has 4 rings (SSSR count). The summed E-state index contributed by atoms with van der Waals surface area (Å²) in [6, 6.07) is 16.4. The maximum atomic E-state index is 12.3. The molecule has 0 unspecified atom stereocenters. The molecule has 0 radical (unpaired) electrons. The standard InChI is InChI=1S/C21H22N2O2/c24-20(23-13-7-1-2-8-14-23)15-25-22-21-18-11-5-3-9-16(18)17-10-4-6-12-19(17)21/h3-6,9-12H,1-2,7-8,13-15H2. The molecule has 1 heterocycles. The Labute approximate surface area is 148 Å². The van der Waals surface area contributed by atoms with Crippen molar-refractivity contribution >= 4 is 11.6 Å². The van der Waals surface area contributed by atoms with Crippen molar-refractivity contribution in [3.05, 3.63) is 59.7 Å². The molecular formula is C21H22N2O2. The zero-order chi connectivity index (χ0) is 17.1. The Kier molecular flexibility index (Phi) is 4.51. The summed E-state index contributed by atoms with van der Waals surface area (Å²) in [5.41, 5.74) is 5.27. The van der Waals surface area contributed by atoms with Gasteiger partial charge in [-0.25, -0.2) is 0 Å². The number of carbonyl (C=O) groups is 1. The van der Waals surface area contributed by atoms with Gasteiger partial charge in [-0.2, -0.15) is 0 Å². The minimum atomic E-state index is 0.00777. The van der Waals surface area contributed by atoms with Gasteiger partial charge in [0, 0.05) is 24.2 Å². The number of fused-ring (bicyclic) bond motifs is 3. The van der Waals surface area contributed by atoms with Crippen LogP contribution in [0.3, 0.4) is 0 Å². The van der Waals surface area contributed by atoms with Gasteiger partial charge < -0.3 is 9.74 Å². The first kappa shape index (κ1) is 15.9. The van der Waals surface area contributed by atoms with Gasteiger partial charge in [0.2, 0.25) is 0 Å². The van der Waals surface area contributed by atoms with Crippen molar-refractivity contribution in [3.8, 4) is 11.1 Å². The minimum absolute atomic E-state index is 0.00777. The van der Waals surface area contributed by atoms with Crippen LogP contribution in [-0.2, 0) is 9.63 Å². The number of nitrogens with zero attached hydrogens (tertiary/aromatic N) is 2. The maximum Gasteiger partial charge on any atom is 0.263 e. The van der Waals surface area contributed by atoms with E-state index in [4.69, 9.17) is 4.84 Å². The van der Waals surface area contributed by atoms with Crippen LogP contribution in [0.15, 0.2) is 53.7 Å². The average Bonchev–Trinajstić information content (AvgIpc) is 2.81. The first-order valence-electron chi connectivity index (χ1n) is 9.01. The smallest absolute Gasteiger partial charge is 0.263 e. The molecule has 0 aromatic heterocycles. The zero-order valence-electron chi connectivity index (χ0n) is 14.3. The molecule has 2 aromatic rings. The summed E-state index contributed by atoms with van der Waals surface area (Å²) < 4.78 is 0. The molecule has 128 valence electrons. The third kappa shape index (κ3) is 3.16. The number of rotatable bonds is 3. The summed E-state index contributed by atoms with van der Waals surface area (Å²) in [5.74, 6) is 0.0332. The summed E-state index contributed by atoms with van der Waals surface area (Å²) in [7, 11) is 0. The lowest BCUT2D eigenvalue weighted by molar-refractivity contribution is -0.136. The van der Waals surface area contributed by atoms with E-state index in [1.807, 2.05) is 41.3 Å². The van der Waals surface area contributed by atoms with Gasteiger partial charge >= 0.3 is 0 Å². The third-order valence-electron chi connectivity index (χ3n) is 4.96. The number of hydrogen-bond acceptors (Lipinski definition) is 3. The second kappa shape index (κ2) is 7.09. The highest BCUT2D eigenvalue weighted by Crippen LogP contribution is 2.36. The van der Waals surface area contributed by atoms with Gasteiger partial charge in [0.25, 0.3) is 5.91 Å². The molecule has 0 bridgehead atoms. The number of hydrogen-bond donors (Lipinski definition) is 0. The second-order valence-corrected chi connectivity index (χ2v) is 6.60. The third-order valence-corrected chi connectivity index (χ3v) is 4.96. The Hall–Kier alpha value is -2.62. The molecule has 1 saturated heterocycles. The van der Waals surface area contributed by atoms with Gasteiger partial charge in [0.05, 0.1) is 0 Å². The van der Waals surface area contributed by atoms with Gasteiger partial charge in [-0.3, -0.25) is 4.79 Å². The molecule has 0 N–H and O–H groups in total. The van der Waals surface area contributed by atoms with Crippen molar-refractivity contribution in [2.24, 2.45) is 5.16 Å². The quantitative estimate of drug-likeness (QED) is 0.683. The van der Waals surface area contributed by atoms with Crippen molar-refractivity contribution in [1.82, 2.24) is 4.90 Å². The molecule has 2 aromatic carbocycles. The molecule has 4 heteroatoms. The van der Waals surface area contributed by atoms with Crippen LogP contribution in [0.2, 0.25) is 0 Å². The van der Waals surface area contributed by atoms with Crippen LogP contribution < -0.4 is 0 Å². The van der Waals surface area contributed by atoms with Crippen molar-refractivity contribution in [2.45, 2.75) is 25.7 Å². The molecule has 4 nitrogen and oxygen atoms in total. The summed E-state index contributed by atoms with van der Waals surface area (Å²) >= 11 is 0. The van der Waals surface area contributed by atoms with Crippen LogP contribution in [0.4, 0.5) is 0 Å². The topological polar surface area (TPSA) is 41.9 Å². The van der Waals surface area contributed by atoms with Crippen LogP contribution >= 0.6 is 0 Å². The number of likely N-dealkylation sites (tertiary alicyclic amines) is 1. The van der Waals surface area contributed by atoms with Crippen LogP contribution in [0.1, 0.15) is 36.8 Å². The fraction of sp³-hybridized carbons (Fsp3) is 0.333. The Morgan fingerprint density at radius 1 is 0.840 bits per heavy atom. The van der Waals surface area contributed by atoms with Crippen LogP contribution in [0.25, 0.3) is 11.1 Å². The molecule has 0 spiro atoms. The number of benzene rings is 2. The Bertz CT molecular complexity index is 758. The number of oxime groups is 1. The Balaban J connectivity index is 1.51. The van der Waals surface area contributed by atoms with E-state index in [1.54, 1.807) is 0 Å². The van der Waals surface area contributed by atoms with E-state index in [0.717, 1.165) is 42.8 Å². The minimum Gasteiger partial charge on any atom is -0.385 e. The predicted octanol–water partition coefficient (Wildman–Crippen LogP) is 3.84. The highest BCUT2D eigenvalue weighted by molar-refractivity contribution is 6.24. The van der Waals surface area contributed by atoms with Gasteiger partial charge in [0.15, 0.2) is 6.61 Å². The molecule has 1 fully saturated rings. The van der Waals surface area contributed by atoms with Gasteiger partial charge in [-0.05, 0) is 24.0 Å². The first-order chi connectivity index (χ1) is 12.3. The summed E-state index contributed by atoms with van der Waals surface area (Å²) in [6.45, 7) is 1.68.